The van der Waals surface area contributed by atoms with Gasteiger partial charge in [-0.2, -0.15) is 0 Å². The fraction of sp³-hybridized carbons (Fsp3) is 0.236. The molecule has 4 atom stereocenters. The van der Waals surface area contributed by atoms with E-state index in [-0.39, 0.29) is 70.7 Å². The molecule has 0 spiro atoms. The lowest BCUT2D eigenvalue weighted by atomic mass is 10.1. The standard InChI is InChI=1S/2C28H26F2N6.2C27H24F2N6/c1-2-14-31-28-32-15-12-23(33-28)27-26(18-6-8-19(29)9-7-18)34-25-11-10-20(36(25)27)17-35-16-13-21-22(30)4-3-5-24(21)35;1-2-14-31-28-32-15-12-23(33-28)27-25(18-6-8-20(29)9-7-18)34-24-11-10-21(36(24)27)17-35-16-13-19-4-3-5-22(30)26(19)35;1-2-30-27-31-14-12-22(32-27)26-25(17-6-8-18(28)9-7-17)33-24-11-10-19(35(24)26)16-34-15-13-20-21(29)4-3-5-23(20)34;1-2-30-27-31-14-12-22(32-27)26-24(17-6-8-19(28)9-7-17)33-23-11-10-20(35(23)26)16-34-15-13-18-4-3-5-21(29)25(18)34/h3-9,12-13,15-16,20H,2,10-11,14,17H2,1H3,(H,31,32,33);3-9,12-13,15-16,21H,2,10-11,14,17H2,1H3,(H,31,32,33);3-9,12-15,19H,2,10-11,16H2,1H3,(H,30,31,32);3-9,12-15,20H,2,10-11,16H2,1H3,(H,30,31,32)/t20-;21-;19-;20-/m0000/s1. The van der Waals surface area contributed by atoms with Gasteiger partial charge in [-0.05, 0) is 234 Å². The Labute approximate surface area is 812 Å². The predicted molar refractivity (Wildman–Crippen MR) is 537 cm³/mol. The largest absolute Gasteiger partial charge is 0.354 e. The van der Waals surface area contributed by atoms with Gasteiger partial charge in [0, 0.05) is 171 Å². The molecule has 0 radical (unpaired) electrons. The summed E-state index contributed by atoms with van der Waals surface area (Å²) in [6.45, 7) is 13.7. The maximum Gasteiger partial charge on any atom is 0.223 e. The van der Waals surface area contributed by atoms with Gasteiger partial charge in [-0.3, -0.25) is 0 Å². The Morgan fingerprint density at radius 2 is 0.556 bits per heavy atom. The quantitative estimate of drug-likeness (QED) is 0.0368. The molecule has 142 heavy (non-hydrogen) atoms. The van der Waals surface area contributed by atoms with Crippen LogP contribution in [0.2, 0.25) is 0 Å². The van der Waals surface area contributed by atoms with Gasteiger partial charge >= 0.3 is 0 Å². The van der Waals surface area contributed by atoms with Crippen LogP contribution in [0.15, 0.2) is 268 Å². The number of nitrogens with one attached hydrogen (secondary N) is 4. The van der Waals surface area contributed by atoms with Crippen LogP contribution in [-0.2, 0) is 51.9 Å². The minimum Gasteiger partial charge on any atom is -0.354 e. The molecule has 8 aromatic carbocycles. The smallest absolute Gasteiger partial charge is 0.223 e. The summed E-state index contributed by atoms with van der Waals surface area (Å²) in [5.74, 6) is 4.01. The van der Waals surface area contributed by atoms with Crippen molar-refractivity contribution >= 4 is 67.4 Å². The van der Waals surface area contributed by atoms with Crippen molar-refractivity contribution in [3.05, 3.63) is 338 Å². The summed E-state index contributed by atoms with van der Waals surface area (Å²) in [4.78, 5) is 56.5. The van der Waals surface area contributed by atoms with Gasteiger partial charge in [-0.1, -0.05) is 50.2 Å². The minimum atomic E-state index is -0.294. The monoisotopic (exact) mass is 1910 g/mol. The number of aromatic nitrogens is 20. The van der Waals surface area contributed by atoms with Crippen molar-refractivity contribution in [1.29, 1.82) is 0 Å². The summed E-state index contributed by atoms with van der Waals surface area (Å²) < 4.78 is 130. The van der Waals surface area contributed by atoms with E-state index in [9.17, 15) is 35.1 Å². The van der Waals surface area contributed by atoms with Gasteiger partial charge in [-0.15, -0.1) is 0 Å². The fourth-order valence-electron chi connectivity index (χ4n) is 20.2. The van der Waals surface area contributed by atoms with E-state index >= 15 is 0 Å². The molecule has 4 aliphatic heterocycles. The summed E-state index contributed by atoms with van der Waals surface area (Å²) in [5, 5.41) is 15.9. The van der Waals surface area contributed by atoms with Crippen LogP contribution < -0.4 is 21.3 Å². The lowest BCUT2D eigenvalue weighted by Crippen LogP contribution is -2.14. The summed E-state index contributed by atoms with van der Waals surface area (Å²) in [7, 11) is 0. The molecule has 24 nitrogen and oxygen atoms in total. The molecule has 0 saturated carbocycles. The average Bonchev–Trinajstić information content (AvgIpc) is 1.60. The minimum absolute atomic E-state index is 0.0638. The Bertz CT molecular complexity index is 7970. The van der Waals surface area contributed by atoms with E-state index in [0.717, 1.165) is 213 Å². The van der Waals surface area contributed by atoms with Crippen molar-refractivity contribution in [2.45, 2.75) is 142 Å². The number of para-hydroxylation sites is 2. The molecule has 4 N–H and O–H groups in total. The average molecular weight is 1910 g/mol. The van der Waals surface area contributed by atoms with Crippen molar-refractivity contribution in [1.82, 2.24) is 96.3 Å². The Morgan fingerprint density at radius 3 is 0.852 bits per heavy atom. The third-order valence-electron chi connectivity index (χ3n) is 26.6. The van der Waals surface area contributed by atoms with Crippen molar-refractivity contribution < 1.29 is 35.1 Å². The molecule has 24 rings (SSSR count). The zero-order valence-corrected chi connectivity index (χ0v) is 78.4. The van der Waals surface area contributed by atoms with Gasteiger partial charge in [0.1, 0.15) is 69.8 Å². The molecule has 4 aliphatic rings. The van der Waals surface area contributed by atoms with Crippen LogP contribution in [0.1, 0.15) is 114 Å². The maximum absolute atomic E-state index is 14.7. The first-order chi connectivity index (χ1) is 69.5. The van der Waals surface area contributed by atoms with E-state index in [1.165, 1.54) is 72.8 Å². The number of halogens is 8. The second-order valence-electron chi connectivity index (χ2n) is 35.7. The van der Waals surface area contributed by atoms with Gasteiger partial charge in [0.2, 0.25) is 23.8 Å². The van der Waals surface area contributed by atoms with Crippen molar-refractivity contribution in [2.24, 2.45) is 0 Å². The maximum atomic E-state index is 14.7. The van der Waals surface area contributed by atoms with E-state index in [2.05, 4.69) is 82.5 Å². The highest BCUT2D eigenvalue weighted by Crippen LogP contribution is 2.47. The Hall–Kier alpha value is -16.3. The number of aryl methyl sites for hydroxylation is 4. The third-order valence-corrected chi connectivity index (χ3v) is 26.6. The number of hydrogen-bond donors (Lipinski definition) is 4. The van der Waals surface area contributed by atoms with E-state index in [0.29, 0.717) is 84.9 Å². The number of benzene rings is 8. The molecule has 716 valence electrons. The molecule has 32 heteroatoms. The number of hydrogen-bond acceptors (Lipinski definition) is 16. The van der Waals surface area contributed by atoms with Crippen LogP contribution in [-0.4, -0.2) is 123 Å². The van der Waals surface area contributed by atoms with E-state index in [4.69, 9.17) is 39.9 Å². The highest BCUT2D eigenvalue weighted by atomic mass is 19.2. The number of rotatable bonds is 26. The molecular formula is C110H100F8N24. The SMILES string of the molecule is CCCNc1nccc(-c2c(-c3ccc(F)cc3)nc3n2[C@H](Cn2ccc4c(F)cccc42)CC3)n1.CCCNc1nccc(-c2c(-c3ccc(F)cc3)nc3n2[C@H](Cn2ccc4cccc(F)c42)CC3)n1.CCNc1nccc(-c2c(-c3ccc(F)cc3)nc3n2[C@H](Cn2ccc4c(F)cccc42)CC3)n1.CCNc1nccc(-c2c(-c3ccc(F)cc3)nc3n2[C@H](Cn2ccc4cccc(F)c42)CC3)n1. The van der Waals surface area contributed by atoms with Crippen LogP contribution in [0.4, 0.5) is 58.9 Å². The number of nitrogens with zero attached hydrogens (tertiary/aromatic N) is 20. The lowest BCUT2D eigenvalue weighted by Gasteiger charge is -2.19. The van der Waals surface area contributed by atoms with Crippen LogP contribution in [0, 0.1) is 46.5 Å². The van der Waals surface area contributed by atoms with Crippen LogP contribution in [0.5, 0.6) is 0 Å². The van der Waals surface area contributed by atoms with Crippen LogP contribution in [0.3, 0.4) is 0 Å². The summed E-state index contributed by atoms with van der Waals surface area (Å²) in [5.41, 5.74) is 15.9. The summed E-state index contributed by atoms with van der Waals surface area (Å²) >= 11 is 0. The first kappa shape index (κ1) is 92.1. The zero-order chi connectivity index (χ0) is 97.2. The molecule has 16 heterocycles. The molecule has 0 amide bonds. The lowest BCUT2D eigenvalue weighted by molar-refractivity contribution is 0.456. The highest BCUT2D eigenvalue weighted by Gasteiger charge is 2.38. The Morgan fingerprint density at radius 1 is 0.282 bits per heavy atom. The molecule has 20 aromatic rings. The first-order valence-corrected chi connectivity index (χ1v) is 48.2. The first-order valence-electron chi connectivity index (χ1n) is 48.2. The Balaban J connectivity index is 0.000000112. The van der Waals surface area contributed by atoms with E-state index in [1.54, 1.807) is 97.6 Å². The molecule has 0 aliphatic carbocycles. The van der Waals surface area contributed by atoms with Crippen molar-refractivity contribution in [3.63, 3.8) is 0 Å². The second kappa shape index (κ2) is 40.3. The predicted octanol–water partition coefficient (Wildman–Crippen LogP) is 24.2. The highest BCUT2D eigenvalue weighted by molar-refractivity contribution is 5.86. The molecular weight excluding hydrogens is 1810 g/mol. The molecule has 0 fully saturated rings. The van der Waals surface area contributed by atoms with E-state index in [1.807, 2.05) is 121 Å². The second-order valence-corrected chi connectivity index (χ2v) is 35.7. The topological polar surface area (TPSA) is 242 Å². The van der Waals surface area contributed by atoms with Gasteiger partial charge in [0.15, 0.2) is 0 Å². The van der Waals surface area contributed by atoms with Crippen LogP contribution in [0.25, 0.3) is 134 Å². The number of anilines is 4. The van der Waals surface area contributed by atoms with Crippen LogP contribution >= 0.6 is 0 Å². The molecule has 0 bridgehead atoms. The fourth-order valence-corrected chi connectivity index (χ4v) is 20.2. The van der Waals surface area contributed by atoms with E-state index < -0.39 is 0 Å². The molecule has 0 saturated heterocycles. The zero-order valence-electron chi connectivity index (χ0n) is 78.4. The Kier molecular flexibility index (Phi) is 26.1. The number of imidazole rings is 4. The molecule has 0 unspecified atom stereocenters. The number of fused-ring (bicyclic) bond motifs is 8. The van der Waals surface area contributed by atoms with Gasteiger partial charge < -0.3 is 57.8 Å². The van der Waals surface area contributed by atoms with Gasteiger partial charge in [0.05, 0.1) is 115 Å². The summed E-state index contributed by atoms with van der Waals surface area (Å²) in [6, 6.07) is 61.7. The van der Waals surface area contributed by atoms with Gasteiger partial charge in [-0.25, -0.2) is 94.9 Å². The van der Waals surface area contributed by atoms with Crippen molar-refractivity contribution in [3.8, 4) is 90.6 Å². The third kappa shape index (κ3) is 18.5. The van der Waals surface area contributed by atoms with Gasteiger partial charge in [0.25, 0.3) is 0 Å². The normalized spacial score (nSPS) is 15.0. The summed E-state index contributed by atoms with van der Waals surface area (Å²) in [6.07, 6.45) is 23.5. The van der Waals surface area contributed by atoms with Crippen molar-refractivity contribution in [2.75, 3.05) is 47.4 Å². The molecule has 12 aromatic heterocycles.